The van der Waals surface area contributed by atoms with Crippen LogP contribution in [0, 0.1) is 12.3 Å². The maximum Gasteiger partial charge on any atom is 0.161 e. The largest absolute Gasteiger partial charge is 0.493 e. The highest BCUT2D eigenvalue weighted by molar-refractivity contribution is 5.42. The van der Waals surface area contributed by atoms with Gasteiger partial charge >= 0.3 is 0 Å². The van der Waals surface area contributed by atoms with Crippen LogP contribution in [0.4, 0.5) is 0 Å². The molecule has 3 nitrogen and oxygen atoms in total. The standard InChI is InChI=1S/C14H23NO2/c1-11-6-7-12(13(8-11)16-5)17-10-14(2,3)9-15-4/h6-8,15H,9-10H2,1-5H3. The molecule has 1 rings (SSSR count). The predicted molar refractivity (Wildman–Crippen MR) is 70.9 cm³/mol. The van der Waals surface area contributed by atoms with Gasteiger partial charge in [-0.05, 0) is 31.7 Å². The molecule has 1 aromatic rings. The van der Waals surface area contributed by atoms with Crippen LogP contribution in [0.15, 0.2) is 18.2 Å². The first-order valence-electron chi connectivity index (χ1n) is 5.90. The summed E-state index contributed by atoms with van der Waals surface area (Å²) in [5.74, 6) is 1.60. The Bertz CT molecular complexity index is 361. The molecule has 0 amide bonds. The van der Waals surface area contributed by atoms with Gasteiger partial charge in [-0.15, -0.1) is 0 Å². The van der Waals surface area contributed by atoms with E-state index in [1.165, 1.54) is 5.56 Å². The van der Waals surface area contributed by atoms with Crippen molar-refractivity contribution in [2.24, 2.45) is 5.41 Å². The summed E-state index contributed by atoms with van der Waals surface area (Å²) >= 11 is 0. The molecule has 0 bridgehead atoms. The molecule has 0 atom stereocenters. The highest BCUT2D eigenvalue weighted by Gasteiger charge is 2.18. The molecule has 0 saturated heterocycles. The second-order valence-corrected chi connectivity index (χ2v) is 5.14. The van der Waals surface area contributed by atoms with Crippen LogP contribution in [-0.4, -0.2) is 27.3 Å². The van der Waals surface area contributed by atoms with Crippen LogP contribution in [0.3, 0.4) is 0 Å². The first kappa shape index (κ1) is 13.8. The van der Waals surface area contributed by atoms with Crippen LogP contribution in [0.5, 0.6) is 11.5 Å². The molecule has 0 fully saturated rings. The third kappa shape index (κ3) is 4.27. The Balaban J connectivity index is 2.69. The summed E-state index contributed by atoms with van der Waals surface area (Å²) in [6.07, 6.45) is 0. The molecular weight excluding hydrogens is 214 g/mol. The van der Waals surface area contributed by atoms with E-state index in [0.717, 1.165) is 18.0 Å². The number of nitrogens with one attached hydrogen (secondary N) is 1. The average molecular weight is 237 g/mol. The lowest BCUT2D eigenvalue weighted by Gasteiger charge is -2.24. The fourth-order valence-corrected chi connectivity index (χ4v) is 1.70. The van der Waals surface area contributed by atoms with Gasteiger partial charge in [0.2, 0.25) is 0 Å². The molecule has 17 heavy (non-hydrogen) atoms. The fraction of sp³-hybridized carbons (Fsp3) is 0.571. The van der Waals surface area contributed by atoms with Crippen LogP contribution in [-0.2, 0) is 0 Å². The Morgan fingerprint density at radius 3 is 2.53 bits per heavy atom. The minimum atomic E-state index is 0.102. The third-order valence-electron chi connectivity index (χ3n) is 2.59. The van der Waals surface area contributed by atoms with Crippen LogP contribution >= 0.6 is 0 Å². The summed E-state index contributed by atoms with van der Waals surface area (Å²) in [7, 11) is 3.62. The van der Waals surface area contributed by atoms with Crippen LogP contribution < -0.4 is 14.8 Å². The zero-order valence-electron chi connectivity index (χ0n) is 11.5. The van der Waals surface area contributed by atoms with E-state index in [2.05, 4.69) is 19.2 Å². The van der Waals surface area contributed by atoms with E-state index < -0.39 is 0 Å². The summed E-state index contributed by atoms with van der Waals surface area (Å²) in [4.78, 5) is 0. The highest BCUT2D eigenvalue weighted by Crippen LogP contribution is 2.29. The predicted octanol–water partition coefficient (Wildman–Crippen LogP) is 2.63. The minimum absolute atomic E-state index is 0.102. The molecule has 96 valence electrons. The topological polar surface area (TPSA) is 30.5 Å². The smallest absolute Gasteiger partial charge is 0.161 e. The zero-order chi connectivity index (χ0) is 12.9. The lowest BCUT2D eigenvalue weighted by atomic mass is 9.95. The molecule has 1 N–H and O–H groups in total. The number of hydrogen-bond donors (Lipinski definition) is 1. The minimum Gasteiger partial charge on any atom is -0.493 e. The second-order valence-electron chi connectivity index (χ2n) is 5.14. The van der Waals surface area contributed by atoms with Gasteiger partial charge < -0.3 is 14.8 Å². The molecule has 0 saturated carbocycles. The molecule has 0 aromatic heterocycles. The molecule has 0 unspecified atom stereocenters. The van der Waals surface area contributed by atoms with Gasteiger partial charge in [-0.25, -0.2) is 0 Å². The lowest BCUT2D eigenvalue weighted by molar-refractivity contribution is 0.174. The first-order valence-corrected chi connectivity index (χ1v) is 5.90. The van der Waals surface area contributed by atoms with Crippen molar-refractivity contribution in [3.05, 3.63) is 23.8 Å². The molecule has 3 heteroatoms. The number of hydrogen-bond acceptors (Lipinski definition) is 3. The molecule has 0 aliphatic rings. The number of benzene rings is 1. The van der Waals surface area contributed by atoms with Gasteiger partial charge in [0, 0.05) is 12.0 Å². The van der Waals surface area contributed by atoms with Gasteiger partial charge in [0.25, 0.3) is 0 Å². The van der Waals surface area contributed by atoms with Gasteiger partial charge in [-0.1, -0.05) is 19.9 Å². The summed E-state index contributed by atoms with van der Waals surface area (Å²) < 4.78 is 11.1. The number of methoxy groups -OCH3 is 1. The monoisotopic (exact) mass is 237 g/mol. The van der Waals surface area contributed by atoms with Crippen LogP contribution in [0.1, 0.15) is 19.4 Å². The normalized spacial score (nSPS) is 11.4. The summed E-state index contributed by atoms with van der Waals surface area (Å²) in [6.45, 7) is 7.96. The van der Waals surface area contributed by atoms with Crippen molar-refractivity contribution in [1.29, 1.82) is 0 Å². The van der Waals surface area contributed by atoms with E-state index in [1.807, 2.05) is 32.2 Å². The van der Waals surface area contributed by atoms with E-state index in [9.17, 15) is 0 Å². The molecule has 0 heterocycles. The average Bonchev–Trinajstić information content (AvgIpc) is 2.27. The van der Waals surface area contributed by atoms with E-state index >= 15 is 0 Å². The van der Waals surface area contributed by atoms with E-state index in [1.54, 1.807) is 7.11 Å². The Hall–Kier alpha value is -1.22. The van der Waals surface area contributed by atoms with E-state index in [4.69, 9.17) is 9.47 Å². The fourth-order valence-electron chi connectivity index (χ4n) is 1.70. The first-order chi connectivity index (χ1) is 7.98. The molecule has 0 radical (unpaired) electrons. The SMILES string of the molecule is CNCC(C)(C)COc1ccc(C)cc1OC. The van der Waals surface area contributed by atoms with Crippen molar-refractivity contribution < 1.29 is 9.47 Å². The Labute approximate surface area is 104 Å². The van der Waals surface area contributed by atoms with Crippen molar-refractivity contribution in [1.82, 2.24) is 5.32 Å². The quantitative estimate of drug-likeness (QED) is 0.825. The Morgan fingerprint density at radius 2 is 1.94 bits per heavy atom. The summed E-state index contributed by atoms with van der Waals surface area (Å²) in [5, 5.41) is 3.17. The Kier molecular flexibility index (Phi) is 4.82. The Morgan fingerprint density at radius 1 is 1.24 bits per heavy atom. The number of aryl methyl sites for hydroxylation is 1. The zero-order valence-corrected chi connectivity index (χ0v) is 11.5. The number of rotatable bonds is 6. The van der Waals surface area contributed by atoms with Gasteiger partial charge in [0.1, 0.15) is 0 Å². The van der Waals surface area contributed by atoms with Gasteiger partial charge in [0.15, 0.2) is 11.5 Å². The van der Waals surface area contributed by atoms with Gasteiger partial charge in [0.05, 0.1) is 13.7 Å². The van der Waals surface area contributed by atoms with Crippen molar-refractivity contribution in [3.8, 4) is 11.5 Å². The van der Waals surface area contributed by atoms with E-state index in [0.29, 0.717) is 6.61 Å². The second kappa shape index (κ2) is 5.92. The van der Waals surface area contributed by atoms with Crippen molar-refractivity contribution in [2.75, 3.05) is 27.3 Å². The number of ether oxygens (including phenoxy) is 2. The van der Waals surface area contributed by atoms with Gasteiger partial charge in [-0.3, -0.25) is 0 Å². The maximum absolute atomic E-state index is 5.84. The molecule has 0 aliphatic heterocycles. The van der Waals surface area contributed by atoms with Crippen LogP contribution in [0.25, 0.3) is 0 Å². The van der Waals surface area contributed by atoms with Gasteiger partial charge in [-0.2, -0.15) is 0 Å². The van der Waals surface area contributed by atoms with Crippen LogP contribution in [0.2, 0.25) is 0 Å². The molecule has 1 aromatic carbocycles. The molecular formula is C14H23NO2. The van der Waals surface area contributed by atoms with Crippen molar-refractivity contribution in [3.63, 3.8) is 0 Å². The summed E-state index contributed by atoms with van der Waals surface area (Å²) in [5.41, 5.74) is 1.27. The lowest BCUT2D eigenvalue weighted by Crippen LogP contribution is -2.32. The van der Waals surface area contributed by atoms with Crippen molar-refractivity contribution >= 4 is 0 Å². The van der Waals surface area contributed by atoms with Crippen molar-refractivity contribution in [2.45, 2.75) is 20.8 Å². The third-order valence-corrected chi connectivity index (χ3v) is 2.59. The van der Waals surface area contributed by atoms with E-state index in [-0.39, 0.29) is 5.41 Å². The highest BCUT2D eigenvalue weighted by atomic mass is 16.5. The maximum atomic E-state index is 5.84. The molecule has 0 aliphatic carbocycles. The summed E-state index contributed by atoms with van der Waals surface area (Å²) in [6, 6.07) is 5.98. The molecule has 0 spiro atoms.